The van der Waals surface area contributed by atoms with Crippen molar-refractivity contribution in [2.45, 2.75) is 39.7 Å². The molecule has 0 heterocycles. The zero-order valence-corrected chi connectivity index (χ0v) is 14.3. The number of nitrogens with one attached hydrogen (secondary N) is 2. The summed E-state index contributed by atoms with van der Waals surface area (Å²) in [7, 11) is 0. The van der Waals surface area contributed by atoms with Crippen LogP contribution in [0.25, 0.3) is 0 Å². The van der Waals surface area contributed by atoms with Crippen LogP contribution in [0, 0.1) is 5.82 Å². The second kappa shape index (κ2) is 9.12. The summed E-state index contributed by atoms with van der Waals surface area (Å²) >= 11 is 0. The van der Waals surface area contributed by atoms with Crippen LogP contribution in [0.1, 0.15) is 33.3 Å². The van der Waals surface area contributed by atoms with E-state index in [2.05, 4.69) is 15.6 Å². The first-order chi connectivity index (χ1) is 10.8. The number of nitrogens with zero attached hydrogens (tertiary/aromatic N) is 1. The van der Waals surface area contributed by atoms with Crippen LogP contribution < -0.4 is 10.6 Å². The zero-order chi connectivity index (χ0) is 17.3. The highest BCUT2D eigenvalue weighted by Gasteiger charge is 2.15. The van der Waals surface area contributed by atoms with E-state index in [1.54, 1.807) is 18.2 Å². The normalized spacial score (nSPS) is 12.0. The highest BCUT2D eigenvalue weighted by Crippen LogP contribution is 2.07. The Bertz CT molecular complexity index is 539. The minimum atomic E-state index is -0.525. The molecule has 0 amide bonds. The second-order valence-electron chi connectivity index (χ2n) is 6.05. The van der Waals surface area contributed by atoms with Gasteiger partial charge >= 0.3 is 5.97 Å². The van der Waals surface area contributed by atoms with Gasteiger partial charge in [0.2, 0.25) is 0 Å². The number of esters is 1. The van der Waals surface area contributed by atoms with Crippen LogP contribution >= 0.6 is 0 Å². The largest absolute Gasteiger partial charge is 0.459 e. The maximum Gasteiger partial charge on any atom is 0.328 e. The summed E-state index contributed by atoms with van der Waals surface area (Å²) in [4.78, 5) is 15.9. The molecular formula is C17H26FN3O2. The summed E-state index contributed by atoms with van der Waals surface area (Å²) in [6, 6.07) is 6.66. The van der Waals surface area contributed by atoms with Gasteiger partial charge in [-0.3, -0.25) is 4.79 Å². The fourth-order valence-corrected chi connectivity index (χ4v) is 1.88. The highest BCUT2D eigenvalue weighted by atomic mass is 19.1. The summed E-state index contributed by atoms with van der Waals surface area (Å²) < 4.78 is 18.7. The van der Waals surface area contributed by atoms with E-state index in [0.717, 1.165) is 0 Å². The SMILES string of the molecule is CCNC(=NCC(=O)OC(C)(C)C)NCCc1ccccc1F. The lowest BCUT2D eigenvalue weighted by Gasteiger charge is -2.19. The maximum absolute atomic E-state index is 13.5. The van der Waals surface area contributed by atoms with Crippen molar-refractivity contribution in [3.8, 4) is 0 Å². The number of halogens is 1. The van der Waals surface area contributed by atoms with Gasteiger partial charge in [0.1, 0.15) is 18.0 Å². The molecule has 0 unspecified atom stereocenters. The number of hydrogen-bond donors (Lipinski definition) is 2. The van der Waals surface area contributed by atoms with Crippen molar-refractivity contribution in [1.82, 2.24) is 10.6 Å². The van der Waals surface area contributed by atoms with E-state index in [1.807, 2.05) is 27.7 Å². The van der Waals surface area contributed by atoms with Crippen molar-refractivity contribution < 1.29 is 13.9 Å². The quantitative estimate of drug-likeness (QED) is 0.479. The van der Waals surface area contributed by atoms with Crippen molar-refractivity contribution in [2.75, 3.05) is 19.6 Å². The smallest absolute Gasteiger partial charge is 0.328 e. The van der Waals surface area contributed by atoms with E-state index in [4.69, 9.17) is 4.74 Å². The topological polar surface area (TPSA) is 62.7 Å². The highest BCUT2D eigenvalue weighted by molar-refractivity contribution is 5.83. The third-order valence-corrected chi connectivity index (χ3v) is 2.78. The molecular weight excluding hydrogens is 297 g/mol. The van der Waals surface area contributed by atoms with Gasteiger partial charge in [0.05, 0.1) is 0 Å². The Morgan fingerprint density at radius 3 is 2.57 bits per heavy atom. The molecule has 0 atom stereocenters. The van der Waals surface area contributed by atoms with Gasteiger partial charge in [-0.15, -0.1) is 0 Å². The lowest BCUT2D eigenvalue weighted by Crippen LogP contribution is -2.39. The molecule has 23 heavy (non-hydrogen) atoms. The van der Waals surface area contributed by atoms with Crippen molar-refractivity contribution in [3.05, 3.63) is 35.6 Å². The number of benzene rings is 1. The van der Waals surface area contributed by atoms with Crippen molar-refractivity contribution in [1.29, 1.82) is 0 Å². The maximum atomic E-state index is 13.5. The summed E-state index contributed by atoms with van der Waals surface area (Å²) in [5, 5.41) is 6.12. The molecule has 128 valence electrons. The first-order valence-corrected chi connectivity index (χ1v) is 7.79. The van der Waals surface area contributed by atoms with Crippen LogP contribution in [0.3, 0.4) is 0 Å². The summed E-state index contributed by atoms with van der Waals surface area (Å²) in [5.41, 5.74) is 0.117. The molecule has 1 aromatic carbocycles. The van der Waals surface area contributed by atoms with Gasteiger partial charge in [-0.25, -0.2) is 9.38 Å². The zero-order valence-electron chi connectivity index (χ0n) is 14.3. The van der Waals surface area contributed by atoms with Crippen LogP contribution in [0.4, 0.5) is 4.39 Å². The molecule has 0 spiro atoms. The van der Waals surface area contributed by atoms with Crippen molar-refractivity contribution >= 4 is 11.9 Å². The number of rotatable bonds is 6. The summed E-state index contributed by atoms with van der Waals surface area (Å²) in [5.74, 6) is -0.0940. The minimum Gasteiger partial charge on any atom is -0.459 e. The molecule has 6 heteroatoms. The van der Waals surface area contributed by atoms with E-state index in [1.165, 1.54) is 6.07 Å². The third kappa shape index (κ3) is 8.18. The molecule has 0 saturated carbocycles. The molecule has 0 radical (unpaired) electrons. The number of hydrogen-bond acceptors (Lipinski definition) is 3. The van der Waals surface area contributed by atoms with Crippen LogP contribution in [-0.4, -0.2) is 37.2 Å². The van der Waals surface area contributed by atoms with Gasteiger partial charge in [0, 0.05) is 13.1 Å². The van der Waals surface area contributed by atoms with Gasteiger partial charge in [0.15, 0.2) is 5.96 Å². The van der Waals surface area contributed by atoms with E-state index in [0.29, 0.717) is 31.0 Å². The van der Waals surface area contributed by atoms with Gasteiger partial charge < -0.3 is 15.4 Å². The van der Waals surface area contributed by atoms with E-state index in [-0.39, 0.29) is 18.3 Å². The fraction of sp³-hybridized carbons (Fsp3) is 0.529. The monoisotopic (exact) mass is 323 g/mol. The van der Waals surface area contributed by atoms with E-state index in [9.17, 15) is 9.18 Å². The number of guanidine groups is 1. The Morgan fingerprint density at radius 1 is 1.26 bits per heavy atom. The predicted octanol–water partition coefficient (Wildman–Crippen LogP) is 2.26. The Hall–Kier alpha value is -2.11. The molecule has 0 bridgehead atoms. The van der Waals surface area contributed by atoms with Crippen LogP contribution in [0.2, 0.25) is 0 Å². The Labute approximate surface area is 137 Å². The average Bonchev–Trinajstić information content (AvgIpc) is 2.45. The minimum absolute atomic E-state index is 0.0632. The Balaban J connectivity index is 2.49. The predicted molar refractivity (Wildman–Crippen MR) is 89.9 cm³/mol. The van der Waals surface area contributed by atoms with Crippen LogP contribution in [0.15, 0.2) is 29.3 Å². The molecule has 1 rings (SSSR count). The van der Waals surface area contributed by atoms with Crippen molar-refractivity contribution in [2.24, 2.45) is 4.99 Å². The first kappa shape index (κ1) is 18.9. The molecule has 0 aliphatic heterocycles. The lowest BCUT2D eigenvalue weighted by atomic mass is 10.1. The Morgan fingerprint density at radius 2 is 1.96 bits per heavy atom. The molecule has 1 aromatic rings. The van der Waals surface area contributed by atoms with Gasteiger partial charge in [-0.1, -0.05) is 18.2 Å². The molecule has 0 aromatic heterocycles. The molecule has 2 N–H and O–H groups in total. The molecule has 5 nitrogen and oxygen atoms in total. The van der Waals surface area contributed by atoms with Crippen molar-refractivity contribution in [3.63, 3.8) is 0 Å². The molecule has 0 aliphatic rings. The first-order valence-electron chi connectivity index (χ1n) is 7.79. The summed E-state index contributed by atoms with van der Waals surface area (Å²) in [6.45, 7) is 8.49. The number of carbonyl (C=O) groups is 1. The standard InChI is InChI=1S/C17H26FN3O2/c1-5-19-16(21-12-15(22)23-17(2,3)4)20-11-10-13-8-6-7-9-14(13)18/h6-9H,5,10-12H2,1-4H3,(H2,19,20,21). The number of aliphatic imine (C=N–C) groups is 1. The second-order valence-corrected chi connectivity index (χ2v) is 6.05. The van der Waals surface area contributed by atoms with Crippen LogP contribution in [-0.2, 0) is 16.0 Å². The molecule has 0 aliphatic carbocycles. The molecule has 0 fully saturated rings. The van der Waals surface area contributed by atoms with E-state index < -0.39 is 5.60 Å². The Kier molecular flexibility index (Phi) is 7.51. The van der Waals surface area contributed by atoms with Gasteiger partial charge in [0.25, 0.3) is 0 Å². The number of carbonyl (C=O) groups excluding carboxylic acids is 1. The average molecular weight is 323 g/mol. The van der Waals surface area contributed by atoms with Crippen LogP contribution in [0.5, 0.6) is 0 Å². The molecule has 0 saturated heterocycles. The lowest BCUT2D eigenvalue weighted by molar-refractivity contribution is -0.152. The third-order valence-electron chi connectivity index (χ3n) is 2.78. The number of ether oxygens (including phenoxy) is 1. The van der Waals surface area contributed by atoms with Gasteiger partial charge in [-0.2, -0.15) is 0 Å². The fourth-order valence-electron chi connectivity index (χ4n) is 1.88. The van der Waals surface area contributed by atoms with Gasteiger partial charge in [-0.05, 0) is 45.7 Å². The van der Waals surface area contributed by atoms with E-state index >= 15 is 0 Å². The summed E-state index contributed by atoms with van der Waals surface area (Å²) in [6.07, 6.45) is 0.531.